The zero-order chi connectivity index (χ0) is 23.6. The van der Waals surface area contributed by atoms with Crippen LogP contribution in [0.2, 0.25) is 5.02 Å². The summed E-state index contributed by atoms with van der Waals surface area (Å²) in [5.74, 6) is -0.115. The molecule has 8 heteroatoms. The van der Waals surface area contributed by atoms with Gasteiger partial charge in [0.25, 0.3) is 11.8 Å². The van der Waals surface area contributed by atoms with Gasteiger partial charge in [0.15, 0.2) is 6.61 Å². The van der Waals surface area contributed by atoms with Gasteiger partial charge in [-0.2, -0.15) is 5.26 Å². The van der Waals surface area contributed by atoms with Crippen molar-refractivity contribution in [1.82, 2.24) is 0 Å². The molecule has 3 aromatic carbocycles. The Balaban J connectivity index is 1.71. The van der Waals surface area contributed by atoms with Crippen molar-refractivity contribution in [2.24, 2.45) is 0 Å². The number of rotatable bonds is 8. The number of methoxy groups -OCH3 is 1. The van der Waals surface area contributed by atoms with Crippen molar-refractivity contribution in [3.05, 3.63) is 89.0 Å². The molecule has 0 spiro atoms. The van der Waals surface area contributed by atoms with E-state index in [1.807, 2.05) is 6.07 Å². The van der Waals surface area contributed by atoms with E-state index in [0.717, 1.165) is 0 Å². The van der Waals surface area contributed by atoms with E-state index < -0.39 is 11.8 Å². The monoisotopic (exact) mass is 461 g/mol. The summed E-state index contributed by atoms with van der Waals surface area (Å²) in [6, 6.07) is 22.3. The number of nitrogens with one attached hydrogen (secondary N) is 2. The highest BCUT2D eigenvalue weighted by Gasteiger charge is 2.13. The Labute approximate surface area is 196 Å². The van der Waals surface area contributed by atoms with Gasteiger partial charge in [-0.25, -0.2) is 0 Å². The number of benzene rings is 3. The summed E-state index contributed by atoms with van der Waals surface area (Å²) in [5, 5.41) is 15.3. The molecule has 0 bridgehead atoms. The van der Waals surface area contributed by atoms with Gasteiger partial charge in [-0.1, -0.05) is 48.0 Å². The van der Waals surface area contributed by atoms with Crippen LogP contribution in [0.3, 0.4) is 0 Å². The third-order valence-electron chi connectivity index (χ3n) is 4.41. The fourth-order valence-electron chi connectivity index (χ4n) is 2.88. The molecule has 2 amide bonds. The topological polar surface area (TPSA) is 100 Å². The number of carbonyl (C=O) groups is 2. The second kappa shape index (κ2) is 11.4. The second-order valence-corrected chi connectivity index (χ2v) is 7.15. The molecule has 0 aliphatic rings. The van der Waals surface area contributed by atoms with Gasteiger partial charge in [-0.3, -0.25) is 9.59 Å². The number of ether oxygens (including phenoxy) is 2. The number of nitrogens with zero attached hydrogens (tertiary/aromatic N) is 1. The van der Waals surface area contributed by atoms with Crippen LogP contribution in [0, 0.1) is 11.3 Å². The van der Waals surface area contributed by atoms with Crippen molar-refractivity contribution in [1.29, 1.82) is 5.26 Å². The van der Waals surface area contributed by atoms with Crippen LogP contribution < -0.4 is 20.1 Å². The molecule has 0 heterocycles. The molecule has 3 rings (SSSR count). The highest BCUT2D eigenvalue weighted by Crippen LogP contribution is 2.24. The minimum Gasteiger partial charge on any atom is -0.495 e. The van der Waals surface area contributed by atoms with E-state index in [4.69, 9.17) is 21.1 Å². The van der Waals surface area contributed by atoms with Crippen LogP contribution in [0.25, 0.3) is 6.08 Å². The number of amides is 2. The Hall–Kier alpha value is -4.28. The molecule has 0 saturated heterocycles. The Morgan fingerprint density at radius 2 is 1.73 bits per heavy atom. The highest BCUT2D eigenvalue weighted by atomic mass is 35.5. The number of hydrogen-bond acceptors (Lipinski definition) is 5. The van der Waals surface area contributed by atoms with Crippen molar-refractivity contribution in [2.75, 3.05) is 24.4 Å². The van der Waals surface area contributed by atoms with Crippen molar-refractivity contribution in [3.8, 4) is 17.6 Å². The third-order valence-corrected chi connectivity index (χ3v) is 4.64. The first-order valence-corrected chi connectivity index (χ1v) is 10.2. The summed E-state index contributed by atoms with van der Waals surface area (Å²) in [4.78, 5) is 24.9. The minimum atomic E-state index is -0.594. The molecule has 0 aliphatic heterocycles. The van der Waals surface area contributed by atoms with Gasteiger partial charge >= 0.3 is 0 Å². The van der Waals surface area contributed by atoms with Crippen molar-refractivity contribution in [2.45, 2.75) is 0 Å². The minimum absolute atomic E-state index is 0.135. The SMILES string of the molecule is COc1ccccc1NC(=O)COc1ccccc1C=C(C#N)C(=O)Nc1cccc(Cl)c1. The number of anilines is 2. The van der Waals surface area contributed by atoms with Crippen molar-refractivity contribution in [3.63, 3.8) is 0 Å². The van der Waals surface area contributed by atoms with Gasteiger partial charge in [0.1, 0.15) is 23.1 Å². The Morgan fingerprint density at radius 3 is 2.45 bits per heavy atom. The molecule has 166 valence electrons. The van der Waals surface area contributed by atoms with Gasteiger partial charge in [0.05, 0.1) is 12.8 Å². The van der Waals surface area contributed by atoms with Crippen LogP contribution in [-0.4, -0.2) is 25.5 Å². The van der Waals surface area contributed by atoms with Gasteiger partial charge in [0, 0.05) is 16.3 Å². The Bertz CT molecular complexity index is 1230. The number of hydrogen-bond donors (Lipinski definition) is 2. The number of nitriles is 1. The first kappa shape index (κ1) is 23.4. The normalized spacial score (nSPS) is 10.6. The molecule has 2 N–H and O–H groups in total. The maximum absolute atomic E-state index is 12.5. The summed E-state index contributed by atoms with van der Waals surface area (Å²) in [6.07, 6.45) is 1.40. The van der Waals surface area contributed by atoms with Crippen LogP contribution in [0.15, 0.2) is 78.4 Å². The molecule has 0 aliphatic carbocycles. The zero-order valence-electron chi connectivity index (χ0n) is 17.7. The van der Waals surface area contributed by atoms with E-state index in [0.29, 0.717) is 33.5 Å². The predicted molar refractivity (Wildman–Crippen MR) is 127 cm³/mol. The Kier molecular flexibility index (Phi) is 8.06. The third kappa shape index (κ3) is 6.60. The zero-order valence-corrected chi connectivity index (χ0v) is 18.4. The molecule has 7 nitrogen and oxygen atoms in total. The maximum atomic E-state index is 12.5. The summed E-state index contributed by atoms with van der Waals surface area (Å²) in [5.41, 5.74) is 1.32. The van der Waals surface area contributed by atoms with E-state index in [2.05, 4.69) is 10.6 Å². The van der Waals surface area contributed by atoms with E-state index in [-0.39, 0.29) is 12.2 Å². The smallest absolute Gasteiger partial charge is 0.266 e. The van der Waals surface area contributed by atoms with E-state index in [1.165, 1.54) is 13.2 Å². The molecule has 0 fully saturated rings. The average Bonchev–Trinajstić information content (AvgIpc) is 2.82. The lowest BCUT2D eigenvalue weighted by molar-refractivity contribution is -0.118. The van der Waals surface area contributed by atoms with E-state index >= 15 is 0 Å². The molecule has 0 unspecified atom stereocenters. The lowest BCUT2D eigenvalue weighted by atomic mass is 10.1. The molecular weight excluding hydrogens is 442 g/mol. The first-order chi connectivity index (χ1) is 16.0. The Morgan fingerprint density at radius 1 is 1.00 bits per heavy atom. The lowest BCUT2D eigenvalue weighted by Gasteiger charge is -2.12. The summed E-state index contributed by atoms with van der Waals surface area (Å²) < 4.78 is 10.9. The average molecular weight is 462 g/mol. The van der Waals surface area contributed by atoms with Crippen LogP contribution in [-0.2, 0) is 9.59 Å². The number of carbonyl (C=O) groups excluding carboxylic acids is 2. The van der Waals surface area contributed by atoms with Crippen molar-refractivity contribution < 1.29 is 19.1 Å². The molecule has 0 aromatic heterocycles. The summed E-state index contributed by atoms with van der Waals surface area (Å²) >= 11 is 5.93. The van der Waals surface area contributed by atoms with Crippen LogP contribution in [0.4, 0.5) is 11.4 Å². The predicted octanol–water partition coefficient (Wildman–Crippen LogP) is 4.91. The lowest BCUT2D eigenvalue weighted by Crippen LogP contribution is -2.20. The number of halogens is 1. The first-order valence-electron chi connectivity index (χ1n) is 9.83. The second-order valence-electron chi connectivity index (χ2n) is 6.71. The highest BCUT2D eigenvalue weighted by molar-refractivity contribution is 6.31. The van der Waals surface area contributed by atoms with Gasteiger partial charge in [-0.15, -0.1) is 0 Å². The number of para-hydroxylation sites is 3. The molecule has 33 heavy (non-hydrogen) atoms. The van der Waals surface area contributed by atoms with Crippen LogP contribution >= 0.6 is 11.6 Å². The fourth-order valence-corrected chi connectivity index (χ4v) is 3.07. The molecule has 0 saturated carbocycles. The van der Waals surface area contributed by atoms with Crippen molar-refractivity contribution >= 4 is 40.9 Å². The standard InChI is InChI=1S/C25H20ClN3O4/c1-32-23-12-5-3-10-21(23)29-24(30)16-33-22-11-4-2-7-17(22)13-18(15-27)25(31)28-20-9-6-8-19(26)14-20/h2-14H,16H2,1H3,(H,28,31)(H,29,30). The fraction of sp³-hybridized carbons (Fsp3) is 0.0800. The maximum Gasteiger partial charge on any atom is 0.266 e. The van der Waals surface area contributed by atoms with E-state index in [1.54, 1.807) is 72.8 Å². The van der Waals surface area contributed by atoms with E-state index in [9.17, 15) is 14.9 Å². The summed E-state index contributed by atoms with van der Waals surface area (Å²) in [7, 11) is 1.51. The molecule has 3 aromatic rings. The quantitative estimate of drug-likeness (QED) is 0.366. The molecule has 0 atom stereocenters. The summed E-state index contributed by atoms with van der Waals surface area (Å²) in [6.45, 7) is -0.278. The largest absolute Gasteiger partial charge is 0.495 e. The van der Waals surface area contributed by atoms with Crippen LogP contribution in [0.5, 0.6) is 11.5 Å². The van der Waals surface area contributed by atoms with Gasteiger partial charge in [-0.05, 0) is 42.5 Å². The van der Waals surface area contributed by atoms with Gasteiger partial charge in [0.2, 0.25) is 0 Å². The molecular formula is C25H20ClN3O4. The molecule has 0 radical (unpaired) electrons. The van der Waals surface area contributed by atoms with Crippen LogP contribution in [0.1, 0.15) is 5.56 Å². The van der Waals surface area contributed by atoms with Gasteiger partial charge < -0.3 is 20.1 Å².